The van der Waals surface area contributed by atoms with Gasteiger partial charge in [0.05, 0.1) is 17.1 Å². The van der Waals surface area contributed by atoms with Crippen molar-refractivity contribution in [1.82, 2.24) is 0 Å². The van der Waals surface area contributed by atoms with Crippen molar-refractivity contribution in [3.05, 3.63) is 16.9 Å². The number of hydrogen-bond donors (Lipinski definition) is 2. The van der Waals surface area contributed by atoms with Gasteiger partial charge < -0.3 is 16.4 Å². The third-order valence-corrected chi connectivity index (χ3v) is 3.69. The average Bonchev–Trinajstić information content (AvgIpc) is 3.08. The van der Waals surface area contributed by atoms with Gasteiger partial charge in [-0.05, 0) is 38.7 Å². The van der Waals surface area contributed by atoms with E-state index in [-0.39, 0.29) is 16.8 Å². The highest BCUT2D eigenvalue weighted by atomic mass is 35.5. The Hall–Kier alpha value is -1.16. The summed E-state index contributed by atoms with van der Waals surface area (Å²) in [6.07, 6.45) is 2.40. The number of halogens is 2. The largest absolute Gasteiger partial charge is 0.397 e. The fourth-order valence-corrected chi connectivity index (χ4v) is 2.23. The van der Waals surface area contributed by atoms with Gasteiger partial charge in [0, 0.05) is 12.6 Å². The number of nitrogen functional groups attached to an aromatic ring is 2. The van der Waals surface area contributed by atoms with Crippen molar-refractivity contribution in [2.24, 2.45) is 5.92 Å². The summed E-state index contributed by atoms with van der Waals surface area (Å²) >= 11 is 5.87. The number of benzene rings is 1. The molecule has 1 saturated carbocycles. The number of anilines is 3. The van der Waals surface area contributed by atoms with E-state index in [2.05, 4.69) is 0 Å². The van der Waals surface area contributed by atoms with Crippen molar-refractivity contribution in [1.29, 1.82) is 0 Å². The van der Waals surface area contributed by atoms with E-state index in [1.807, 2.05) is 18.7 Å². The maximum Gasteiger partial charge on any atom is 0.169 e. The topological polar surface area (TPSA) is 55.3 Å². The standard InChI is InChI=1S/C13H19ClFN3/c1-7(2)18(6-8-3-4-8)13-10(17)5-9(16)11(14)12(13)15/h5,7-8H,3-4,6,16-17H2,1-2H3. The molecule has 1 aromatic rings. The number of hydrogen-bond acceptors (Lipinski definition) is 3. The molecule has 0 unspecified atom stereocenters. The minimum atomic E-state index is -0.511. The Bertz CT molecular complexity index is 458. The molecule has 2 rings (SSSR count). The van der Waals surface area contributed by atoms with E-state index in [1.54, 1.807) is 0 Å². The molecule has 1 aliphatic carbocycles. The summed E-state index contributed by atoms with van der Waals surface area (Å²) in [5.41, 5.74) is 12.4. The molecule has 1 aliphatic rings. The quantitative estimate of drug-likeness (QED) is 0.827. The van der Waals surface area contributed by atoms with E-state index in [9.17, 15) is 4.39 Å². The zero-order chi connectivity index (χ0) is 13.4. The second kappa shape index (κ2) is 4.84. The lowest BCUT2D eigenvalue weighted by molar-refractivity contribution is 0.590. The first-order valence-electron chi connectivity index (χ1n) is 6.21. The molecule has 5 heteroatoms. The van der Waals surface area contributed by atoms with Crippen LogP contribution in [0.4, 0.5) is 21.5 Å². The Morgan fingerprint density at radius 3 is 2.50 bits per heavy atom. The van der Waals surface area contributed by atoms with Gasteiger partial charge in [0.25, 0.3) is 0 Å². The first kappa shape index (κ1) is 13.3. The number of rotatable bonds is 4. The van der Waals surface area contributed by atoms with Crippen LogP contribution in [0.15, 0.2) is 6.07 Å². The Morgan fingerprint density at radius 2 is 2.00 bits per heavy atom. The molecule has 4 N–H and O–H groups in total. The minimum Gasteiger partial charge on any atom is -0.397 e. The van der Waals surface area contributed by atoms with Crippen LogP contribution in [0.1, 0.15) is 26.7 Å². The predicted molar refractivity (Wildman–Crippen MR) is 75.4 cm³/mol. The molecule has 0 heterocycles. The minimum absolute atomic E-state index is 0.0411. The Labute approximate surface area is 112 Å². The first-order chi connectivity index (χ1) is 8.41. The second-order valence-corrected chi connectivity index (χ2v) is 5.60. The molecule has 0 atom stereocenters. The SMILES string of the molecule is CC(C)N(CC1CC1)c1c(N)cc(N)c(Cl)c1F. The molecule has 0 saturated heterocycles. The molecular weight excluding hydrogens is 253 g/mol. The normalized spacial score (nSPS) is 15.2. The van der Waals surface area contributed by atoms with Crippen LogP contribution in [0.5, 0.6) is 0 Å². The highest BCUT2D eigenvalue weighted by Gasteiger charge is 2.29. The Kier molecular flexibility index (Phi) is 3.57. The van der Waals surface area contributed by atoms with Crippen molar-refractivity contribution in [3.63, 3.8) is 0 Å². The summed E-state index contributed by atoms with van der Waals surface area (Å²) < 4.78 is 14.3. The summed E-state index contributed by atoms with van der Waals surface area (Å²) in [6, 6.07) is 1.70. The van der Waals surface area contributed by atoms with Crippen LogP contribution in [0.25, 0.3) is 0 Å². The molecule has 18 heavy (non-hydrogen) atoms. The van der Waals surface area contributed by atoms with E-state index < -0.39 is 5.82 Å². The maximum absolute atomic E-state index is 14.3. The van der Waals surface area contributed by atoms with E-state index in [1.165, 1.54) is 18.9 Å². The Balaban J connectivity index is 2.42. The second-order valence-electron chi connectivity index (χ2n) is 5.22. The fraction of sp³-hybridized carbons (Fsp3) is 0.538. The molecule has 3 nitrogen and oxygen atoms in total. The number of nitrogens with two attached hydrogens (primary N) is 2. The van der Waals surface area contributed by atoms with Gasteiger partial charge in [0.2, 0.25) is 0 Å². The molecule has 0 spiro atoms. The van der Waals surface area contributed by atoms with Crippen LogP contribution >= 0.6 is 11.6 Å². The summed E-state index contributed by atoms with van der Waals surface area (Å²) in [5, 5.41) is -0.0411. The van der Waals surface area contributed by atoms with Crippen molar-refractivity contribution >= 4 is 28.7 Å². The van der Waals surface area contributed by atoms with Gasteiger partial charge in [-0.25, -0.2) is 4.39 Å². The lowest BCUT2D eigenvalue weighted by Crippen LogP contribution is -2.34. The van der Waals surface area contributed by atoms with Crippen molar-refractivity contribution in [2.75, 3.05) is 22.9 Å². The summed E-state index contributed by atoms with van der Waals surface area (Å²) in [5.74, 6) is 0.131. The van der Waals surface area contributed by atoms with Gasteiger partial charge in [-0.2, -0.15) is 0 Å². The van der Waals surface area contributed by atoms with Crippen molar-refractivity contribution < 1.29 is 4.39 Å². The van der Waals surface area contributed by atoms with Crippen LogP contribution in [-0.4, -0.2) is 12.6 Å². The van der Waals surface area contributed by atoms with Crippen LogP contribution in [-0.2, 0) is 0 Å². The van der Waals surface area contributed by atoms with E-state index >= 15 is 0 Å². The highest BCUT2D eigenvalue weighted by molar-refractivity contribution is 6.33. The van der Waals surface area contributed by atoms with Gasteiger partial charge >= 0.3 is 0 Å². The summed E-state index contributed by atoms with van der Waals surface area (Å²) in [7, 11) is 0. The number of nitrogens with zero attached hydrogens (tertiary/aromatic N) is 1. The summed E-state index contributed by atoms with van der Waals surface area (Å²) in [6.45, 7) is 4.86. The van der Waals surface area contributed by atoms with Gasteiger partial charge in [0.1, 0.15) is 5.02 Å². The lowest BCUT2D eigenvalue weighted by Gasteiger charge is -2.31. The van der Waals surface area contributed by atoms with Gasteiger partial charge in [0.15, 0.2) is 5.82 Å². The third-order valence-electron chi connectivity index (χ3n) is 3.30. The van der Waals surface area contributed by atoms with Crippen LogP contribution in [0.3, 0.4) is 0 Å². The van der Waals surface area contributed by atoms with Gasteiger partial charge in [-0.3, -0.25) is 0 Å². The molecule has 0 aromatic heterocycles. The fourth-order valence-electron chi connectivity index (χ4n) is 2.09. The van der Waals surface area contributed by atoms with E-state index in [0.717, 1.165) is 6.54 Å². The molecule has 0 bridgehead atoms. The molecule has 1 fully saturated rings. The van der Waals surface area contributed by atoms with Crippen molar-refractivity contribution in [2.45, 2.75) is 32.7 Å². The molecule has 1 aromatic carbocycles. The molecule has 0 radical (unpaired) electrons. The monoisotopic (exact) mass is 271 g/mol. The molecule has 0 amide bonds. The van der Waals surface area contributed by atoms with Crippen LogP contribution in [0.2, 0.25) is 5.02 Å². The Morgan fingerprint density at radius 1 is 1.39 bits per heavy atom. The van der Waals surface area contributed by atoms with Crippen molar-refractivity contribution in [3.8, 4) is 0 Å². The highest BCUT2D eigenvalue weighted by Crippen LogP contribution is 2.39. The van der Waals surface area contributed by atoms with Gasteiger partial charge in [-0.1, -0.05) is 11.6 Å². The average molecular weight is 272 g/mol. The zero-order valence-corrected chi connectivity index (χ0v) is 11.5. The molecule has 0 aliphatic heterocycles. The first-order valence-corrected chi connectivity index (χ1v) is 6.59. The van der Waals surface area contributed by atoms with Gasteiger partial charge in [-0.15, -0.1) is 0 Å². The van der Waals surface area contributed by atoms with E-state index in [0.29, 0.717) is 17.3 Å². The molecule has 100 valence electrons. The smallest absolute Gasteiger partial charge is 0.169 e. The third kappa shape index (κ3) is 2.48. The zero-order valence-electron chi connectivity index (χ0n) is 10.7. The van der Waals surface area contributed by atoms with Crippen LogP contribution < -0.4 is 16.4 Å². The predicted octanol–water partition coefficient (Wildman–Crippen LogP) is 3.27. The maximum atomic E-state index is 14.3. The summed E-state index contributed by atoms with van der Waals surface area (Å²) in [4.78, 5) is 1.98. The van der Waals surface area contributed by atoms with Crippen LogP contribution in [0, 0.1) is 11.7 Å². The van der Waals surface area contributed by atoms with E-state index in [4.69, 9.17) is 23.1 Å². The molecular formula is C13H19ClFN3. The lowest BCUT2D eigenvalue weighted by atomic mass is 10.1.